The van der Waals surface area contributed by atoms with Crippen molar-refractivity contribution >= 4 is 25.6 Å². The second-order valence-corrected chi connectivity index (χ2v) is 15.4. The van der Waals surface area contributed by atoms with E-state index in [9.17, 15) is 0 Å². The Kier molecular flexibility index (Phi) is 6.34. The molecular formula is C21H38ClN3OSi. The van der Waals surface area contributed by atoms with Crippen molar-refractivity contribution in [3.05, 3.63) is 11.9 Å². The largest absolute Gasteiger partial charge is 0.415 e. The summed E-state index contributed by atoms with van der Waals surface area (Å²) in [6.45, 7) is 15.7. The maximum atomic E-state index is 6.62. The second-order valence-electron chi connectivity index (χ2n) is 10.0. The summed E-state index contributed by atoms with van der Waals surface area (Å²) in [6, 6.07) is 0.811. The summed E-state index contributed by atoms with van der Waals surface area (Å²) in [5.74, 6) is 0. The molecule has 0 amide bonds. The minimum atomic E-state index is -1.71. The summed E-state index contributed by atoms with van der Waals surface area (Å²) in [5, 5.41) is 5.34. The third-order valence-corrected chi connectivity index (χ3v) is 12.0. The molecule has 1 aromatic rings. The Hall–Kier alpha value is -0.523. The number of halogens is 1. The summed E-state index contributed by atoms with van der Waals surface area (Å²) < 4.78 is 8.72. The van der Waals surface area contributed by atoms with Gasteiger partial charge in [-0.05, 0) is 50.7 Å². The number of aryl methyl sites for hydroxylation is 1. The van der Waals surface area contributed by atoms with Crippen LogP contribution in [0.25, 0.3) is 0 Å². The molecule has 0 aromatic carbocycles. The van der Waals surface area contributed by atoms with Crippen LogP contribution in [-0.4, -0.2) is 42.7 Å². The molecule has 0 spiro atoms. The Morgan fingerprint density at radius 3 is 2.56 bits per heavy atom. The van der Waals surface area contributed by atoms with Gasteiger partial charge in [0.1, 0.15) is 0 Å². The molecular weight excluding hydrogens is 374 g/mol. The number of nitrogens with zero attached hydrogens (tertiary/aromatic N) is 3. The van der Waals surface area contributed by atoms with E-state index in [1.54, 1.807) is 0 Å². The molecule has 1 aliphatic carbocycles. The normalized spacial score (nSPS) is 27.4. The van der Waals surface area contributed by atoms with Gasteiger partial charge in [-0.1, -0.05) is 33.6 Å². The predicted molar refractivity (Wildman–Crippen MR) is 118 cm³/mol. The maximum Gasteiger partial charge on any atom is 0.192 e. The fourth-order valence-corrected chi connectivity index (χ4v) is 5.57. The summed E-state index contributed by atoms with van der Waals surface area (Å²) in [7, 11) is -1.71. The molecule has 1 aliphatic heterocycles. The molecule has 2 aliphatic rings. The van der Waals surface area contributed by atoms with E-state index in [2.05, 4.69) is 56.6 Å². The monoisotopic (exact) mass is 411 g/mol. The highest BCUT2D eigenvalue weighted by molar-refractivity contribution is 6.74. The van der Waals surface area contributed by atoms with Gasteiger partial charge in [0.25, 0.3) is 0 Å². The van der Waals surface area contributed by atoms with E-state index in [-0.39, 0.29) is 10.4 Å². The maximum absolute atomic E-state index is 6.62. The van der Waals surface area contributed by atoms with Crippen LogP contribution >= 0.6 is 11.6 Å². The van der Waals surface area contributed by atoms with Crippen molar-refractivity contribution in [3.8, 4) is 0 Å². The lowest BCUT2D eigenvalue weighted by Gasteiger charge is -2.38. The smallest absolute Gasteiger partial charge is 0.192 e. The van der Waals surface area contributed by atoms with E-state index >= 15 is 0 Å². The molecule has 6 heteroatoms. The average molecular weight is 412 g/mol. The highest BCUT2D eigenvalue weighted by Gasteiger charge is 2.39. The van der Waals surface area contributed by atoms with Crippen molar-refractivity contribution in [2.45, 2.75) is 102 Å². The Labute approximate surface area is 171 Å². The van der Waals surface area contributed by atoms with Crippen molar-refractivity contribution < 1.29 is 4.43 Å². The Bertz CT molecular complexity index is 640. The first-order valence-electron chi connectivity index (χ1n) is 10.7. The van der Waals surface area contributed by atoms with Crippen LogP contribution in [0.4, 0.5) is 5.69 Å². The van der Waals surface area contributed by atoms with Gasteiger partial charge >= 0.3 is 0 Å². The molecule has 27 heavy (non-hydrogen) atoms. The van der Waals surface area contributed by atoms with Crippen molar-refractivity contribution in [2.24, 2.45) is 0 Å². The fraction of sp³-hybridized carbons (Fsp3) is 0.857. The van der Waals surface area contributed by atoms with E-state index in [1.165, 1.54) is 31.4 Å². The molecule has 3 unspecified atom stereocenters. The predicted octanol–water partition coefficient (Wildman–Crippen LogP) is 5.90. The molecule has 1 saturated carbocycles. The minimum absolute atomic E-state index is 0.210. The Morgan fingerprint density at radius 1 is 1.19 bits per heavy atom. The second kappa shape index (κ2) is 8.07. The first-order valence-corrected chi connectivity index (χ1v) is 14.0. The van der Waals surface area contributed by atoms with Crippen LogP contribution in [0.15, 0.2) is 6.20 Å². The zero-order chi connectivity index (χ0) is 19.8. The van der Waals surface area contributed by atoms with Gasteiger partial charge in [0.15, 0.2) is 8.32 Å². The number of hydrogen-bond donors (Lipinski definition) is 0. The van der Waals surface area contributed by atoms with Gasteiger partial charge in [-0.3, -0.25) is 4.68 Å². The van der Waals surface area contributed by atoms with E-state index in [0.717, 1.165) is 31.7 Å². The molecule has 1 saturated heterocycles. The van der Waals surface area contributed by atoms with Crippen LogP contribution in [-0.2, 0) is 4.43 Å². The highest BCUT2D eigenvalue weighted by Crippen LogP contribution is 2.38. The molecule has 0 bridgehead atoms. The van der Waals surface area contributed by atoms with E-state index in [1.807, 2.05) is 0 Å². The van der Waals surface area contributed by atoms with Gasteiger partial charge < -0.3 is 9.33 Å². The molecule has 1 aromatic heterocycles. The summed E-state index contributed by atoms with van der Waals surface area (Å²) in [5.41, 5.74) is 2.41. The van der Waals surface area contributed by atoms with Crippen LogP contribution in [0.3, 0.4) is 0 Å². The fourth-order valence-electron chi connectivity index (χ4n) is 4.14. The lowest BCUT2D eigenvalue weighted by molar-refractivity contribution is 0.263. The van der Waals surface area contributed by atoms with Gasteiger partial charge in [-0.25, -0.2) is 0 Å². The van der Waals surface area contributed by atoms with Gasteiger partial charge in [0.05, 0.1) is 35.4 Å². The average Bonchev–Trinajstić information content (AvgIpc) is 3.18. The minimum Gasteiger partial charge on any atom is -0.415 e. The lowest BCUT2D eigenvalue weighted by atomic mass is 9.95. The molecule has 0 N–H and O–H groups in total. The van der Waals surface area contributed by atoms with Gasteiger partial charge in [-0.2, -0.15) is 5.10 Å². The number of aromatic nitrogens is 2. The number of rotatable bonds is 5. The van der Waals surface area contributed by atoms with Crippen molar-refractivity contribution in [3.63, 3.8) is 0 Å². The van der Waals surface area contributed by atoms with Gasteiger partial charge in [0.2, 0.25) is 0 Å². The van der Waals surface area contributed by atoms with E-state index in [0.29, 0.717) is 12.1 Å². The zero-order valence-electron chi connectivity index (χ0n) is 18.1. The summed E-state index contributed by atoms with van der Waals surface area (Å²) in [6.07, 6.45) is 9.45. The standard InChI is InChI=1S/C21H38ClN3OSi/c1-16-20(14-25(23-16)19-12-8-7-11-18(19)22)24-13-9-10-17(24)15-26-27(5,6)21(2,3)4/h14,17-19H,7-13,15H2,1-6H3. The third-order valence-electron chi connectivity index (χ3n) is 7.01. The lowest BCUT2D eigenvalue weighted by Crippen LogP contribution is -2.44. The Balaban J connectivity index is 1.72. The van der Waals surface area contributed by atoms with Crippen molar-refractivity contribution in [1.29, 1.82) is 0 Å². The van der Waals surface area contributed by atoms with Gasteiger partial charge in [0, 0.05) is 12.7 Å². The quantitative estimate of drug-likeness (QED) is 0.446. The first-order chi connectivity index (χ1) is 12.6. The van der Waals surface area contributed by atoms with E-state index in [4.69, 9.17) is 21.1 Å². The number of anilines is 1. The highest BCUT2D eigenvalue weighted by atomic mass is 35.5. The molecule has 2 heterocycles. The van der Waals surface area contributed by atoms with Gasteiger partial charge in [-0.15, -0.1) is 11.6 Å². The SMILES string of the molecule is Cc1nn(C2CCCCC2Cl)cc1N1CCCC1CO[Si](C)(C)C(C)(C)C. The molecule has 3 atom stereocenters. The molecule has 4 nitrogen and oxygen atoms in total. The summed E-state index contributed by atoms with van der Waals surface area (Å²) >= 11 is 6.62. The molecule has 3 rings (SSSR count). The molecule has 0 radical (unpaired) electrons. The first kappa shape index (κ1) is 21.2. The van der Waals surface area contributed by atoms with Crippen molar-refractivity contribution in [1.82, 2.24) is 9.78 Å². The van der Waals surface area contributed by atoms with Crippen LogP contribution in [0.1, 0.15) is 71.0 Å². The number of alkyl halides is 1. The van der Waals surface area contributed by atoms with Crippen LogP contribution in [0, 0.1) is 6.92 Å². The van der Waals surface area contributed by atoms with Crippen molar-refractivity contribution in [2.75, 3.05) is 18.1 Å². The molecule has 154 valence electrons. The topological polar surface area (TPSA) is 30.3 Å². The third kappa shape index (κ3) is 4.56. The molecule has 2 fully saturated rings. The number of hydrogen-bond acceptors (Lipinski definition) is 3. The van der Waals surface area contributed by atoms with Crippen LogP contribution in [0.5, 0.6) is 0 Å². The van der Waals surface area contributed by atoms with Crippen LogP contribution < -0.4 is 4.90 Å². The Morgan fingerprint density at radius 2 is 1.89 bits per heavy atom. The summed E-state index contributed by atoms with van der Waals surface area (Å²) in [4.78, 5) is 2.54. The zero-order valence-corrected chi connectivity index (χ0v) is 19.9. The van der Waals surface area contributed by atoms with E-state index < -0.39 is 8.32 Å². The van der Waals surface area contributed by atoms with Crippen LogP contribution in [0.2, 0.25) is 18.1 Å².